The molecule has 3 rings (SSSR count). The molecule has 5 nitrogen and oxygen atoms in total. The minimum absolute atomic E-state index is 0.0596. The summed E-state index contributed by atoms with van der Waals surface area (Å²) in [5, 5.41) is 5.50. The number of rotatable bonds is 4. The van der Waals surface area contributed by atoms with E-state index in [0.717, 1.165) is 0 Å². The maximum atomic E-state index is 13.8. The standard InChI is InChI=1S/C18H19F2N3O2/c1-25-17-10-12(6-7-15(17)20)21-18(24)22-13-8-9-23(11-13)16-5-3-2-4-14(16)19/h2-7,10,13H,8-9,11H2,1H3,(H2,21,22,24). The minimum atomic E-state index is -0.496. The third-order valence-corrected chi connectivity index (χ3v) is 4.13. The summed E-state index contributed by atoms with van der Waals surface area (Å²) in [5.74, 6) is -0.708. The van der Waals surface area contributed by atoms with Crippen LogP contribution in [0.5, 0.6) is 5.75 Å². The normalized spacial score (nSPS) is 16.6. The molecule has 1 aliphatic heterocycles. The predicted octanol–water partition coefficient (Wildman–Crippen LogP) is 3.37. The van der Waals surface area contributed by atoms with Gasteiger partial charge >= 0.3 is 6.03 Å². The number of benzene rings is 2. The number of anilines is 2. The van der Waals surface area contributed by atoms with Gasteiger partial charge < -0.3 is 20.3 Å². The van der Waals surface area contributed by atoms with Crippen molar-refractivity contribution >= 4 is 17.4 Å². The molecule has 2 amide bonds. The number of halogens is 2. The summed E-state index contributed by atoms with van der Waals surface area (Å²) < 4.78 is 32.1. The SMILES string of the molecule is COc1cc(NC(=O)NC2CCN(c3ccccc3F)C2)ccc1F. The topological polar surface area (TPSA) is 53.6 Å². The van der Waals surface area contributed by atoms with Crippen LogP contribution in [-0.4, -0.2) is 32.3 Å². The maximum absolute atomic E-state index is 13.8. The van der Waals surface area contributed by atoms with Crippen molar-refractivity contribution in [2.75, 3.05) is 30.4 Å². The molecule has 2 aromatic rings. The van der Waals surface area contributed by atoms with E-state index in [1.165, 1.54) is 31.4 Å². The average molecular weight is 347 g/mol. The van der Waals surface area contributed by atoms with E-state index in [1.807, 2.05) is 4.90 Å². The van der Waals surface area contributed by atoms with Crippen LogP contribution in [0.25, 0.3) is 0 Å². The van der Waals surface area contributed by atoms with Gasteiger partial charge in [-0.1, -0.05) is 12.1 Å². The molecule has 1 atom stereocenters. The molecule has 1 fully saturated rings. The number of ether oxygens (including phenoxy) is 1. The third-order valence-electron chi connectivity index (χ3n) is 4.13. The van der Waals surface area contributed by atoms with Crippen molar-refractivity contribution in [3.8, 4) is 5.75 Å². The Balaban J connectivity index is 1.56. The number of hydrogen-bond acceptors (Lipinski definition) is 3. The molecule has 0 aromatic heterocycles. The summed E-state index contributed by atoms with van der Waals surface area (Å²) in [6.45, 7) is 1.19. The van der Waals surface area contributed by atoms with Gasteiger partial charge in [-0.3, -0.25) is 0 Å². The highest BCUT2D eigenvalue weighted by Gasteiger charge is 2.25. The van der Waals surface area contributed by atoms with Crippen LogP contribution in [0.1, 0.15) is 6.42 Å². The van der Waals surface area contributed by atoms with Crippen LogP contribution in [-0.2, 0) is 0 Å². The summed E-state index contributed by atoms with van der Waals surface area (Å²) in [4.78, 5) is 14.0. The third kappa shape index (κ3) is 3.99. The Morgan fingerprint density at radius 3 is 2.76 bits per heavy atom. The zero-order valence-corrected chi connectivity index (χ0v) is 13.8. The van der Waals surface area contributed by atoms with Gasteiger partial charge in [0.1, 0.15) is 5.82 Å². The van der Waals surface area contributed by atoms with Crippen molar-refractivity contribution in [2.45, 2.75) is 12.5 Å². The summed E-state index contributed by atoms with van der Waals surface area (Å²) in [5.41, 5.74) is 0.968. The van der Waals surface area contributed by atoms with E-state index in [0.29, 0.717) is 30.9 Å². The first-order chi connectivity index (χ1) is 12.1. The number of methoxy groups -OCH3 is 1. The van der Waals surface area contributed by atoms with Gasteiger partial charge in [0.15, 0.2) is 11.6 Å². The quantitative estimate of drug-likeness (QED) is 0.892. The van der Waals surface area contributed by atoms with Gasteiger partial charge in [-0.25, -0.2) is 13.6 Å². The van der Waals surface area contributed by atoms with Crippen molar-refractivity contribution in [1.82, 2.24) is 5.32 Å². The molecule has 0 radical (unpaired) electrons. The number of nitrogens with one attached hydrogen (secondary N) is 2. The first kappa shape index (κ1) is 17.0. The fraction of sp³-hybridized carbons (Fsp3) is 0.278. The summed E-state index contributed by atoms with van der Waals surface area (Å²) >= 11 is 0. The smallest absolute Gasteiger partial charge is 0.319 e. The van der Waals surface area contributed by atoms with Gasteiger partial charge in [0.25, 0.3) is 0 Å². The number of urea groups is 1. The largest absolute Gasteiger partial charge is 0.494 e. The molecule has 7 heteroatoms. The number of hydrogen-bond donors (Lipinski definition) is 2. The second-order valence-electron chi connectivity index (χ2n) is 5.83. The molecule has 1 heterocycles. The first-order valence-corrected chi connectivity index (χ1v) is 7.97. The molecule has 1 saturated heterocycles. The van der Waals surface area contributed by atoms with Crippen molar-refractivity contribution in [3.05, 3.63) is 54.1 Å². The van der Waals surface area contributed by atoms with Crippen molar-refractivity contribution in [1.29, 1.82) is 0 Å². The van der Waals surface area contributed by atoms with Crippen molar-refractivity contribution in [2.24, 2.45) is 0 Å². The zero-order valence-electron chi connectivity index (χ0n) is 13.8. The van der Waals surface area contributed by atoms with Gasteiger partial charge in [0.2, 0.25) is 0 Å². The van der Waals surface area contributed by atoms with Crippen LogP contribution in [0.4, 0.5) is 25.0 Å². The lowest BCUT2D eigenvalue weighted by Gasteiger charge is -2.19. The molecule has 2 N–H and O–H groups in total. The van der Waals surface area contributed by atoms with Gasteiger partial charge in [-0.15, -0.1) is 0 Å². The highest BCUT2D eigenvalue weighted by molar-refractivity contribution is 5.89. The van der Waals surface area contributed by atoms with E-state index in [1.54, 1.807) is 18.2 Å². The highest BCUT2D eigenvalue weighted by Crippen LogP contribution is 2.24. The number of nitrogens with zero attached hydrogens (tertiary/aromatic N) is 1. The Hall–Kier alpha value is -2.83. The Morgan fingerprint density at radius 1 is 1.20 bits per heavy atom. The van der Waals surface area contributed by atoms with E-state index < -0.39 is 11.8 Å². The monoisotopic (exact) mass is 347 g/mol. The van der Waals surface area contributed by atoms with E-state index in [2.05, 4.69) is 10.6 Å². The molecule has 1 aliphatic rings. The molecule has 1 unspecified atom stereocenters. The van der Waals surface area contributed by atoms with Gasteiger partial charge in [-0.2, -0.15) is 0 Å². The predicted molar refractivity (Wildman–Crippen MR) is 92.1 cm³/mol. The van der Waals surface area contributed by atoms with E-state index in [-0.39, 0.29) is 17.6 Å². The fourth-order valence-electron chi connectivity index (χ4n) is 2.90. The Bertz CT molecular complexity index is 770. The van der Waals surface area contributed by atoms with Crippen molar-refractivity contribution < 1.29 is 18.3 Å². The number of para-hydroxylation sites is 1. The second kappa shape index (κ2) is 7.38. The molecule has 2 aromatic carbocycles. The summed E-state index contributed by atoms with van der Waals surface area (Å²) in [6.07, 6.45) is 0.717. The summed E-state index contributed by atoms with van der Waals surface area (Å²) in [7, 11) is 1.36. The minimum Gasteiger partial charge on any atom is -0.494 e. The average Bonchev–Trinajstić information content (AvgIpc) is 3.05. The maximum Gasteiger partial charge on any atom is 0.319 e. The highest BCUT2D eigenvalue weighted by atomic mass is 19.1. The lowest BCUT2D eigenvalue weighted by molar-refractivity contribution is 0.249. The second-order valence-corrected chi connectivity index (χ2v) is 5.83. The van der Waals surface area contributed by atoms with Crippen LogP contribution in [0.3, 0.4) is 0 Å². The van der Waals surface area contributed by atoms with E-state index in [4.69, 9.17) is 4.74 Å². The van der Waals surface area contributed by atoms with Crippen LogP contribution < -0.4 is 20.3 Å². The van der Waals surface area contributed by atoms with Gasteiger partial charge in [-0.05, 0) is 30.7 Å². The number of amides is 2. The number of carbonyl (C=O) groups is 1. The molecule has 0 bridgehead atoms. The number of carbonyl (C=O) groups excluding carboxylic acids is 1. The lowest BCUT2D eigenvalue weighted by atomic mass is 10.2. The fourth-order valence-corrected chi connectivity index (χ4v) is 2.90. The Labute approximate surface area is 144 Å². The van der Waals surface area contributed by atoms with Crippen LogP contribution in [0.2, 0.25) is 0 Å². The van der Waals surface area contributed by atoms with E-state index in [9.17, 15) is 13.6 Å². The molecular weight excluding hydrogens is 328 g/mol. The van der Waals surface area contributed by atoms with Crippen LogP contribution >= 0.6 is 0 Å². The molecule has 132 valence electrons. The van der Waals surface area contributed by atoms with Crippen molar-refractivity contribution in [3.63, 3.8) is 0 Å². The molecular formula is C18H19F2N3O2. The van der Waals surface area contributed by atoms with E-state index >= 15 is 0 Å². The van der Waals surface area contributed by atoms with Crippen LogP contribution in [0.15, 0.2) is 42.5 Å². The summed E-state index contributed by atoms with van der Waals surface area (Å²) in [6, 6.07) is 10.2. The molecule has 0 aliphatic carbocycles. The van der Waals surface area contributed by atoms with Gasteiger partial charge in [0, 0.05) is 30.9 Å². The van der Waals surface area contributed by atoms with Crippen LogP contribution in [0, 0.1) is 11.6 Å². The Morgan fingerprint density at radius 2 is 2.00 bits per heavy atom. The molecule has 0 saturated carbocycles. The van der Waals surface area contributed by atoms with Gasteiger partial charge in [0.05, 0.1) is 12.8 Å². The molecule has 25 heavy (non-hydrogen) atoms. The first-order valence-electron chi connectivity index (χ1n) is 7.97. The zero-order chi connectivity index (χ0) is 17.8. The lowest BCUT2D eigenvalue weighted by Crippen LogP contribution is -2.39. The molecule has 0 spiro atoms. The Kier molecular flexibility index (Phi) is 5.02.